The molecule has 23 heavy (non-hydrogen) atoms. The van der Waals surface area contributed by atoms with Crippen LogP contribution in [0, 0.1) is 0 Å². The molecule has 2 aromatic carbocycles. The van der Waals surface area contributed by atoms with E-state index in [0.29, 0.717) is 11.2 Å². The number of anilines is 1. The van der Waals surface area contributed by atoms with Crippen LogP contribution in [0.4, 0.5) is 5.69 Å². The van der Waals surface area contributed by atoms with Crippen molar-refractivity contribution in [3.05, 3.63) is 66.4 Å². The Bertz CT molecular complexity index is 977. The highest BCUT2D eigenvalue weighted by atomic mass is 32.2. The normalized spacial score (nSPS) is 11.3. The highest BCUT2D eigenvalue weighted by Gasteiger charge is 2.15. The number of carboxylic acids is 1. The van der Waals surface area contributed by atoms with E-state index < -0.39 is 16.0 Å². The first-order valence-corrected chi connectivity index (χ1v) is 8.14. The summed E-state index contributed by atoms with van der Waals surface area (Å²) in [6.07, 6.45) is 1.58. The summed E-state index contributed by atoms with van der Waals surface area (Å²) in [7, 11) is -3.85. The summed E-state index contributed by atoms with van der Waals surface area (Å²) in [5.41, 5.74) is 0.799. The molecular weight excluding hydrogens is 316 g/mol. The molecule has 116 valence electrons. The number of benzene rings is 2. The van der Waals surface area contributed by atoms with Gasteiger partial charge in [0.25, 0.3) is 10.0 Å². The molecule has 3 rings (SSSR count). The summed E-state index contributed by atoms with van der Waals surface area (Å²) < 4.78 is 27.3. The largest absolute Gasteiger partial charge is 0.545 e. The van der Waals surface area contributed by atoms with Gasteiger partial charge in [-0.05, 0) is 29.8 Å². The van der Waals surface area contributed by atoms with Gasteiger partial charge < -0.3 is 9.90 Å². The van der Waals surface area contributed by atoms with Gasteiger partial charge in [-0.3, -0.25) is 9.71 Å². The first kappa shape index (κ1) is 15.0. The minimum absolute atomic E-state index is 0.0459. The third-order valence-corrected chi connectivity index (χ3v) is 4.66. The number of aromatic nitrogens is 1. The van der Waals surface area contributed by atoms with E-state index in [1.807, 2.05) is 12.1 Å². The number of hydrogen-bond acceptors (Lipinski definition) is 5. The number of pyridine rings is 1. The Morgan fingerprint density at radius 2 is 1.70 bits per heavy atom. The summed E-state index contributed by atoms with van der Waals surface area (Å²) in [5, 5.41) is 11.5. The molecule has 0 saturated heterocycles. The van der Waals surface area contributed by atoms with Crippen molar-refractivity contribution >= 4 is 32.6 Å². The maximum absolute atomic E-state index is 12.4. The van der Waals surface area contributed by atoms with Crippen LogP contribution in [0.3, 0.4) is 0 Å². The molecule has 1 aromatic heterocycles. The predicted octanol–water partition coefficient (Wildman–Crippen LogP) is 1.40. The van der Waals surface area contributed by atoms with Gasteiger partial charge in [-0.25, -0.2) is 8.42 Å². The maximum atomic E-state index is 12.4. The second kappa shape index (κ2) is 5.69. The van der Waals surface area contributed by atoms with Crippen molar-refractivity contribution in [1.82, 2.24) is 4.98 Å². The minimum atomic E-state index is -3.85. The number of carbonyl (C=O) groups is 1. The molecule has 0 unspecified atom stereocenters. The van der Waals surface area contributed by atoms with E-state index in [-0.39, 0.29) is 10.5 Å². The number of carbonyl (C=O) groups excluding carboxylic acids is 1. The number of fused-ring (bicyclic) bond motifs is 1. The van der Waals surface area contributed by atoms with Crippen molar-refractivity contribution in [1.29, 1.82) is 0 Å². The lowest BCUT2D eigenvalue weighted by Gasteiger charge is -2.11. The molecule has 0 fully saturated rings. The predicted molar refractivity (Wildman–Crippen MR) is 83.3 cm³/mol. The lowest BCUT2D eigenvalue weighted by molar-refractivity contribution is -0.255. The lowest BCUT2D eigenvalue weighted by atomic mass is 10.2. The average molecular weight is 327 g/mol. The zero-order chi connectivity index (χ0) is 16.4. The molecule has 0 radical (unpaired) electrons. The Morgan fingerprint density at radius 3 is 2.39 bits per heavy atom. The van der Waals surface area contributed by atoms with Gasteiger partial charge in [-0.2, -0.15) is 0 Å². The summed E-state index contributed by atoms with van der Waals surface area (Å²) in [4.78, 5) is 14.9. The minimum Gasteiger partial charge on any atom is -0.545 e. The molecule has 0 aliphatic carbocycles. The molecule has 0 aliphatic heterocycles. The van der Waals surface area contributed by atoms with Crippen LogP contribution in [0.1, 0.15) is 10.4 Å². The number of aromatic carboxylic acids is 1. The van der Waals surface area contributed by atoms with Gasteiger partial charge in [0.1, 0.15) is 0 Å². The maximum Gasteiger partial charge on any atom is 0.261 e. The van der Waals surface area contributed by atoms with Gasteiger partial charge in [-0.15, -0.1) is 0 Å². The summed E-state index contributed by atoms with van der Waals surface area (Å²) >= 11 is 0. The molecule has 6 nitrogen and oxygen atoms in total. The van der Waals surface area contributed by atoms with Crippen molar-refractivity contribution in [3.8, 4) is 0 Å². The van der Waals surface area contributed by atoms with Crippen molar-refractivity contribution in [2.45, 2.75) is 4.90 Å². The van der Waals surface area contributed by atoms with Crippen LogP contribution < -0.4 is 9.83 Å². The molecule has 3 aromatic rings. The Labute approximate surface area is 132 Å². The monoisotopic (exact) mass is 327 g/mol. The van der Waals surface area contributed by atoms with Gasteiger partial charge >= 0.3 is 0 Å². The molecular formula is C16H11N2O4S-. The van der Waals surface area contributed by atoms with Crippen LogP contribution in [-0.4, -0.2) is 19.4 Å². The molecule has 0 atom stereocenters. The van der Waals surface area contributed by atoms with Gasteiger partial charge in [0.2, 0.25) is 0 Å². The van der Waals surface area contributed by atoms with E-state index in [0.717, 1.165) is 5.39 Å². The molecule has 0 aliphatic rings. The van der Waals surface area contributed by atoms with Crippen LogP contribution in [-0.2, 0) is 10.0 Å². The fraction of sp³-hybridized carbons (Fsp3) is 0. The molecule has 0 bridgehead atoms. The fourth-order valence-corrected chi connectivity index (χ4v) is 3.23. The Hall–Kier alpha value is -2.93. The van der Waals surface area contributed by atoms with E-state index in [2.05, 4.69) is 9.71 Å². The Morgan fingerprint density at radius 1 is 1.00 bits per heavy atom. The van der Waals surface area contributed by atoms with Gasteiger partial charge in [0.05, 0.1) is 22.1 Å². The topological polar surface area (TPSA) is 99.2 Å². The van der Waals surface area contributed by atoms with Crippen molar-refractivity contribution in [3.63, 3.8) is 0 Å². The molecule has 1 heterocycles. The first-order valence-electron chi connectivity index (χ1n) is 6.65. The Balaban J connectivity index is 1.98. The van der Waals surface area contributed by atoms with Crippen LogP contribution in [0.5, 0.6) is 0 Å². The molecule has 0 saturated carbocycles. The smallest absolute Gasteiger partial charge is 0.261 e. The summed E-state index contributed by atoms with van der Waals surface area (Å²) in [6.45, 7) is 0. The number of nitrogens with one attached hydrogen (secondary N) is 1. The van der Waals surface area contributed by atoms with Gasteiger partial charge in [-0.1, -0.05) is 30.3 Å². The highest BCUT2D eigenvalue weighted by Crippen LogP contribution is 2.23. The third kappa shape index (κ3) is 3.00. The molecule has 0 spiro atoms. The van der Waals surface area contributed by atoms with Gasteiger partial charge in [0, 0.05) is 11.6 Å². The van der Waals surface area contributed by atoms with Crippen LogP contribution in [0.15, 0.2) is 65.7 Å². The van der Waals surface area contributed by atoms with Crippen LogP contribution in [0.2, 0.25) is 0 Å². The van der Waals surface area contributed by atoms with Crippen LogP contribution in [0.25, 0.3) is 10.9 Å². The van der Waals surface area contributed by atoms with E-state index in [1.54, 1.807) is 24.4 Å². The number of para-hydroxylation sites is 1. The van der Waals surface area contributed by atoms with E-state index >= 15 is 0 Å². The number of sulfonamides is 1. The second-order valence-electron chi connectivity index (χ2n) is 4.80. The molecule has 1 N–H and O–H groups in total. The third-order valence-electron chi connectivity index (χ3n) is 3.28. The van der Waals surface area contributed by atoms with E-state index in [9.17, 15) is 18.3 Å². The zero-order valence-electron chi connectivity index (χ0n) is 11.8. The Kier molecular flexibility index (Phi) is 3.71. The molecule has 0 amide bonds. The van der Waals surface area contributed by atoms with Gasteiger partial charge in [0.15, 0.2) is 0 Å². The van der Waals surface area contributed by atoms with Crippen molar-refractivity contribution < 1.29 is 18.3 Å². The number of rotatable bonds is 4. The van der Waals surface area contributed by atoms with E-state index in [4.69, 9.17) is 0 Å². The number of nitrogens with zero attached hydrogens (tertiary/aromatic N) is 1. The fourth-order valence-electron chi connectivity index (χ4n) is 2.16. The summed E-state index contributed by atoms with van der Waals surface area (Å²) in [5.74, 6) is -1.36. The van der Waals surface area contributed by atoms with Crippen molar-refractivity contribution in [2.24, 2.45) is 0 Å². The quantitative estimate of drug-likeness (QED) is 0.781. The lowest BCUT2D eigenvalue weighted by Crippen LogP contribution is -2.22. The highest BCUT2D eigenvalue weighted by molar-refractivity contribution is 7.92. The first-order chi connectivity index (χ1) is 11.0. The van der Waals surface area contributed by atoms with Crippen molar-refractivity contribution in [2.75, 3.05) is 4.72 Å². The standard InChI is InChI=1S/C16H12N2O4S/c19-16(20)12-6-8-13(9-7-12)23(21,22)18-14-5-1-3-11-4-2-10-17-15(11)14/h1-10,18H,(H,19,20)/p-1. The SMILES string of the molecule is O=C([O-])c1ccc(S(=O)(=O)Nc2cccc3cccnc23)cc1. The zero-order valence-corrected chi connectivity index (χ0v) is 12.6. The average Bonchev–Trinajstić information content (AvgIpc) is 2.55. The number of carboxylic acid groups (broad SMARTS) is 1. The second-order valence-corrected chi connectivity index (χ2v) is 6.48. The number of hydrogen-bond donors (Lipinski definition) is 1. The van der Waals surface area contributed by atoms with Crippen LogP contribution >= 0.6 is 0 Å². The molecule has 7 heteroatoms. The summed E-state index contributed by atoms with van der Waals surface area (Å²) in [6, 6.07) is 13.6. The van der Waals surface area contributed by atoms with E-state index in [1.165, 1.54) is 24.3 Å².